The quantitative estimate of drug-likeness (QED) is 0.881. The number of benzene rings is 2. The summed E-state index contributed by atoms with van der Waals surface area (Å²) in [6, 6.07) is 11.3. The number of amides is 2. The largest absolute Gasteiger partial charge is 0.351 e. The highest BCUT2D eigenvalue weighted by atomic mass is 19.1. The number of carbonyl (C=O) groups is 2. The van der Waals surface area contributed by atoms with Crippen molar-refractivity contribution in [3.05, 3.63) is 65.0 Å². The minimum Gasteiger partial charge on any atom is -0.351 e. The Labute approximate surface area is 164 Å². The molecule has 6 heteroatoms. The van der Waals surface area contributed by atoms with E-state index < -0.39 is 0 Å². The van der Waals surface area contributed by atoms with E-state index in [0.717, 1.165) is 43.6 Å². The average Bonchev–Trinajstić information content (AvgIpc) is 2.73. The maximum absolute atomic E-state index is 13.0. The SMILES string of the molecule is CCN1c2cc(C(=O)NCc3ccc(F)cc3)ccc2C(=O)N2CCCC[C@@H]21. The molecule has 0 aliphatic carbocycles. The Balaban J connectivity index is 1.56. The van der Waals surface area contributed by atoms with E-state index in [1.807, 2.05) is 11.0 Å². The van der Waals surface area contributed by atoms with Crippen LogP contribution in [-0.2, 0) is 6.54 Å². The fourth-order valence-corrected chi connectivity index (χ4v) is 4.15. The third-order valence-corrected chi connectivity index (χ3v) is 5.60. The zero-order valence-corrected chi connectivity index (χ0v) is 16.0. The summed E-state index contributed by atoms with van der Waals surface area (Å²) in [5.74, 6) is -0.449. The highest BCUT2D eigenvalue weighted by Crippen LogP contribution is 2.35. The van der Waals surface area contributed by atoms with Crippen molar-refractivity contribution in [2.24, 2.45) is 0 Å². The van der Waals surface area contributed by atoms with Gasteiger partial charge < -0.3 is 15.1 Å². The molecule has 5 nitrogen and oxygen atoms in total. The molecule has 1 atom stereocenters. The van der Waals surface area contributed by atoms with Crippen LogP contribution in [0.1, 0.15) is 52.5 Å². The van der Waals surface area contributed by atoms with E-state index in [-0.39, 0.29) is 23.8 Å². The van der Waals surface area contributed by atoms with E-state index >= 15 is 0 Å². The number of nitrogens with zero attached hydrogens (tertiary/aromatic N) is 2. The van der Waals surface area contributed by atoms with Crippen LogP contribution in [0.2, 0.25) is 0 Å². The first-order chi connectivity index (χ1) is 13.6. The second-order valence-electron chi connectivity index (χ2n) is 7.30. The summed E-state index contributed by atoms with van der Waals surface area (Å²) in [5, 5.41) is 2.87. The van der Waals surface area contributed by atoms with Gasteiger partial charge in [0.2, 0.25) is 0 Å². The standard InChI is InChI=1S/C22H24FN3O2/c1-2-25-19-13-16(21(27)24-14-15-6-9-17(23)10-7-15)8-11-18(19)22(28)26-12-4-3-5-20(25)26/h6-11,13,20H,2-5,12,14H2,1H3,(H,24,27)/t20-/m1/s1. The summed E-state index contributed by atoms with van der Waals surface area (Å²) in [7, 11) is 0. The lowest BCUT2D eigenvalue weighted by Crippen LogP contribution is -2.57. The first-order valence-corrected chi connectivity index (χ1v) is 9.83. The van der Waals surface area contributed by atoms with E-state index in [1.54, 1.807) is 24.3 Å². The Morgan fingerprint density at radius 2 is 1.96 bits per heavy atom. The number of nitrogens with one attached hydrogen (secondary N) is 1. The summed E-state index contributed by atoms with van der Waals surface area (Å²) >= 11 is 0. The second kappa shape index (κ2) is 7.62. The molecule has 0 unspecified atom stereocenters. The van der Waals surface area contributed by atoms with Gasteiger partial charge in [-0.15, -0.1) is 0 Å². The average molecular weight is 381 g/mol. The first kappa shape index (κ1) is 18.5. The van der Waals surface area contributed by atoms with E-state index in [2.05, 4.69) is 17.1 Å². The summed E-state index contributed by atoms with van der Waals surface area (Å²) in [6.45, 7) is 3.97. The predicted octanol–water partition coefficient (Wildman–Crippen LogP) is 3.55. The summed E-state index contributed by atoms with van der Waals surface area (Å²) in [6.07, 6.45) is 3.19. The molecule has 0 saturated carbocycles. The summed E-state index contributed by atoms with van der Waals surface area (Å²) in [4.78, 5) is 29.7. The number of anilines is 1. The van der Waals surface area contributed by atoms with Crippen molar-refractivity contribution in [1.82, 2.24) is 10.2 Å². The Hall–Kier alpha value is -2.89. The van der Waals surface area contributed by atoms with Gasteiger partial charge in [-0.05, 0) is 62.1 Å². The van der Waals surface area contributed by atoms with Crippen LogP contribution in [0, 0.1) is 5.82 Å². The second-order valence-corrected chi connectivity index (χ2v) is 7.30. The van der Waals surface area contributed by atoms with Crippen molar-refractivity contribution >= 4 is 17.5 Å². The van der Waals surface area contributed by atoms with Gasteiger partial charge in [0.15, 0.2) is 0 Å². The zero-order chi connectivity index (χ0) is 19.7. The summed E-state index contributed by atoms with van der Waals surface area (Å²) < 4.78 is 13.0. The van der Waals surface area contributed by atoms with Crippen molar-refractivity contribution < 1.29 is 14.0 Å². The minimum atomic E-state index is -0.300. The van der Waals surface area contributed by atoms with Gasteiger partial charge in [0.25, 0.3) is 11.8 Å². The van der Waals surface area contributed by atoms with Crippen LogP contribution in [-0.4, -0.2) is 36.0 Å². The third-order valence-electron chi connectivity index (χ3n) is 5.60. The van der Waals surface area contributed by atoms with Gasteiger partial charge >= 0.3 is 0 Å². The lowest BCUT2D eigenvalue weighted by Gasteiger charge is -2.47. The number of carbonyl (C=O) groups excluding carboxylic acids is 2. The molecule has 1 fully saturated rings. The molecule has 1 N–H and O–H groups in total. The van der Waals surface area contributed by atoms with Crippen molar-refractivity contribution in [2.45, 2.75) is 38.9 Å². The lowest BCUT2D eigenvalue weighted by molar-refractivity contribution is 0.0582. The summed E-state index contributed by atoms with van der Waals surface area (Å²) in [5.41, 5.74) is 2.85. The molecular formula is C22H24FN3O2. The van der Waals surface area contributed by atoms with E-state index in [0.29, 0.717) is 17.7 Å². The van der Waals surface area contributed by atoms with Crippen LogP contribution in [0.4, 0.5) is 10.1 Å². The topological polar surface area (TPSA) is 52.7 Å². The predicted molar refractivity (Wildman–Crippen MR) is 106 cm³/mol. The molecule has 0 bridgehead atoms. The molecule has 1 saturated heterocycles. The van der Waals surface area contributed by atoms with Gasteiger partial charge in [-0.2, -0.15) is 0 Å². The molecule has 2 aromatic rings. The smallest absolute Gasteiger partial charge is 0.257 e. The van der Waals surface area contributed by atoms with Crippen LogP contribution >= 0.6 is 0 Å². The molecular weight excluding hydrogens is 357 g/mol. The molecule has 0 aromatic heterocycles. The van der Waals surface area contributed by atoms with Gasteiger partial charge in [-0.3, -0.25) is 9.59 Å². The van der Waals surface area contributed by atoms with Crippen LogP contribution in [0.25, 0.3) is 0 Å². The van der Waals surface area contributed by atoms with Gasteiger partial charge in [-0.1, -0.05) is 12.1 Å². The van der Waals surface area contributed by atoms with E-state index in [9.17, 15) is 14.0 Å². The van der Waals surface area contributed by atoms with Crippen LogP contribution in [0.15, 0.2) is 42.5 Å². The van der Waals surface area contributed by atoms with Gasteiger partial charge in [0.05, 0.1) is 11.3 Å². The molecule has 0 spiro atoms. The maximum Gasteiger partial charge on any atom is 0.257 e. The molecule has 2 amide bonds. The fourth-order valence-electron chi connectivity index (χ4n) is 4.15. The normalized spacial score (nSPS) is 18.5. The van der Waals surface area contributed by atoms with E-state index in [4.69, 9.17) is 0 Å². The molecule has 4 rings (SSSR count). The number of piperidine rings is 1. The van der Waals surface area contributed by atoms with Crippen LogP contribution < -0.4 is 10.2 Å². The van der Waals surface area contributed by atoms with Crippen molar-refractivity contribution in [3.8, 4) is 0 Å². The minimum absolute atomic E-state index is 0.0580. The highest BCUT2D eigenvalue weighted by Gasteiger charge is 2.38. The molecule has 2 heterocycles. The molecule has 0 radical (unpaired) electrons. The first-order valence-electron chi connectivity index (χ1n) is 9.83. The number of hydrogen-bond donors (Lipinski definition) is 1. The Kier molecular flexibility index (Phi) is 5.03. The maximum atomic E-state index is 13.0. The van der Waals surface area contributed by atoms with Crippen LogP contribution in [0.5, 0.6) is 0 Å². The molecule has 146 valence electrons. The zero-order valence-electron chi connectivity index (χ0n) is 16.0. The Morgan fingerprint density at radius 1 is 1.18 bits per heavy atom. The highest BCUT2D eigenvalue weighted by molar-refractivity contribution is 6.04. The fraction of sp³-hybridized carbons (Fsp3) is 0.364. The number of fused-ring (bicyclic) bond motifs is 2. The van der Waals surface area contributed by atoms with Crippen LogP contribution in [0.3, 0.4) is 0 Å². The number of hydrogen-bond acceptors (Lipinski definition) is 3. The Bertz CT molecular complexity index is 897. The number of rotatable bonds is 4. The third kappa shape index (κ3) is 3.35. The molecule has 2 aromatic carbocycles. The molecule has 2 aliphatic heterocycles. The Morgan fingerprint density at radius 3 is 2.71 bits per heavy atom. The lowest BCUT2D eigenvalue weighted by atomic mass is 9.97. The monoisotopic (exact) mass is 381 g/mol. The van der Waals surface area contributed by atoms with Gasteiger partial charge in [-0.25, -0.2) is 4.39 Å². The van der Waals surface area contributed by atoms with Gasteiger partial charge in [0, 0.05) is 25.2 Å². The van der Waals surface area contributed by atoms with Gasteiger partial charge in [0.1, 0.15) is 12.0 Å². The van der Waals surface area contributed by atoms with Crippen molar-refractivity contribution in [1.29, 1.82) is 0 Å². The number of halogens is 1. The van der Waals surface area contributed by atoms with E-state index in [1.165, 1.54) is 12.1 Å². The van der Waals surface area contributed by atoms with Crippen molar-refractivity contribution in [3.63, 3.8) is 0 Å². The molecule has 2 aliphatic rings. The van der Waals surface area contributed by atoms with Crippen molar-refractivity contribution in [2.75, 3.05) is 18.0 Å². The molecule has 28 heavy (non-hydrogen) atoms.